The molecule has 1 amide bonds. The minimum atomic E-state index is -0.0365. The third-order valence-corrected chi connectivity index (χ3v) is 6.25. The van der Waals surface area contributed by atoms with Crippen LogP contribution in [-0.4, -0.2) is 65.7 Å². The lowest BCUT2D eigenvalue weighted by Crippen LogP contribution is -2.49. The van der Waals surface area contributed by atoms with Crippen molar-refractivity contribution in [2.24, 2.45) is 5.10 Å². The van der Waals surface area contributed by atoms with Crippen LogP contribution in [-0.2, 0) is 4.79 Å². The van der Waals surface area contributed by atoms with Gasteiger partial charge in [0.25, 0.3) is 5.91 Å². The molecular formula is C25H32N4O. The second kappa shape index (κ2) is 9.11. The highest BCUT2D eigenvalue weighted by Gasteiger charge is 2.34. The smallest absolute Gasteiger partial charge is 0.257 e. The molecule has 0 spiro atoms. The number of likely N-dealkylation sites (N-methyl/N-ethyl adjacent to an activating group) is 1. The Morgan fingerprint density at radius 3 is 2.33 bits per heavy atom. The maximum atomic E-state index is 13.3. The van der Waals surface area contributed by atoms with Crippen molar-refractivity contribution in [3.8, 4) is 0 Å². The molecule has 2 aromatic rings. The SMILES string of the molecule is CCN1CCN(CC(=O)N2N=C(c3cccc(C)c3)C[C@@H]2c2ccc(C)cc2)CC1. The standard InChI is InChI=1S/C25H32N4O/c1-4-27-12-14-28(15-13-27)18-25(30)29-24(21-10-8-19(2)9-11-21)17-23(26-29)22-7-5-6-20(3)16-22/h5-11,16,24H,4,12-15,17-18H2,1-3H3/t24-/m1/s1. The predicted octanol–water partition coefficient (Wildman–Crippen LogP) is 3.62. The fourth-order valence-corrected chi connectivity index (χ4v) is 4.31. The van der Waals surface area contributed by atoms with Crippen molar-refractivity contribution < 1.29 is 4.79 Å². The van der Waals surface area contributed by atoms with Crippen LogP contribution in [0, 0.1) is 13.8 Å². The first kappa shape index (κ1) is 20.8. The van der Waals surface area contributed by atoms with E-state index in [1.165, 1.54) is 11.1 Å². The van der Waals surface area contributed by atoms with Gasteiger partial charge in [0.2, 0.25) is 0 Å². The van der Waals surface area contributed by atoms with Crippen LogP contribution >= 0.6 is 0 Å². The first-order valence-electron chi connectivity index (χ1n) is 11.0. The van der Waals surface area contributed by atoms with Gasteiger partial charge in [-0.2, -0.15) is 5.10 Å². The maximum Gasteiger partial charge on any atom is 0.257 e. The lowest BCUT2D eigenvalue weighted by atomic mass is 9.97. The third-order valence-electron chi connectivity index (χ3n) is 6.25. The molecule has 2 heterocycles. The van der Waals surface area contributed by atoms with Crippen molar-refractivity contribution in [3.63, 3.8) is 0 Å². The Morgan fingerprint density at radius 1 is 0.967 bits per heavy atom. The lowest BCUT2D eigenvalue weighted by molar-refractivity contribution is -0.134. The summed E-state index contributed by atoms with van der Waals surface area (Å²) in [5.74, 6) is 0.0909. The quantitative estimate of drug-likeness (QED) is 0.764. The van der Waals surface area contributed by atoms with Gasteiger partial charge in [-0.25, -0.2) is 5.01 Å². The van der Waals surface area contributed by atoms with E-state index in [-0.39, 0.29) is 11.9 Å². The molecule has 30 heavy (non-hydrogen) atoms. The lowest BCUT2D eigenvalue weighted by Gasteiger charge is -2.34. The van der Waals surface area contributed by atoms with Crippen LogP contribution in [0.1, 0.15) is 41.6 Å². The highest BCUT2D eigenvalue weighted by molar-refractivity contribution is 6.03. The van der Waals surface area contributed by atoms with E-state index in [2.05, 4.69) is 79.1 Å². The highest BCUT2D eigenvalue weighted by Crippen LogP contribution is 2.33. The maximum absolute atomic E-state index is 13.3. The molecule has 0 radical (unpaired) electrons. The van der Waals surface area contributed by atoms with Gasteiger partial charge in [0.15, 0.2) is 0 Å². The number of carbonyl (C=O) groups excluding carboxylic acids is 1. The molecule has 1 saturated heterocycles. The normalized spacial score (nSPS) is 20.4. The Morgan fingerprint density at radius 2 is 1.67 bits per heavy atom. The van der Waals surface area contributed by atoms with Crippen molar-refractivity contribution >= 4 is 11.6 Å². The van der Waals surface area contributed by atoms with Gasteiger partial charge in [0, 0.05) is 32.6 Å². The van der Waals surface area contributed by atoms with E-state index < -0.39 is 0 Å². The van der Waals surface area contributed by atoms with Gasteiger partial charge >= 0.3 is 0 Å². The van der Waals surface area contributed by atoms with E-state index in [0.29, 0.717) is 6.54 Å². The van der Waals surface area contributed by atoms with Gasteiger partial charge in [0.05, 0.1) is 18.3 Å². The van der Waals surface area contributed by atoms with Gasteiger partial charge in [-0.3, -0.25) is 9.69 Å². The molecule has 5 heteroatoms. The number of hydrogen-bond acceptors (Lipinski definition) is 4. The Labute approximate surface area is 180 Å². The largest absolute Gasteiger partial charge is 0.301 e. The minimum Gasteiger partial charge on any atom is -0.301 e. The topological polar surface area (TPSA) is 39.1 Å². The second-order valence-corrected chi connectivity index (χ2v) is 8.50. The fourth-order valence-electron chi connectivity index (χ4n) is 4.31. The predicted molar refractivity (Wildman–Crippen MR) is 122 cm³/mol. The number of benzene rings is 2. The molecule has 0 N–H and O–H groups in total. The van der Waals surface area contributed by atoms with Crippen LogP contribution < -0.4 is 0 Å². The number of nitrogens with zero attached hydrogens (tertiary/aromatic N) is 4. The molecule has 2 aromatic carbocycles. The molecule has 4 rings (SSSR count). The summed E-state index contributed by atoms with van der Waals surface area (Å²) in [6, 6.07) is 16.9. The van der Waals surface area contributed by atoms with Crippen LogP contribution in [0.15, 0.2) is 53.6 Å². The Hall–Kier alpha value is -2.50. The van der Waals surface area contributed by atoms with Crippen molar-refractivity contribution in [2.75, 3.05) is 39.3 Å². The Kier molecular flexibility index (Phi) is 6.30. The van der Waals surface area contributed by atoms with Crippen LogP contribution in [0.3, 0.4) is 0 Å². The highest BCUT2D eigenvalue weighted by atomic mass is 16.2. The monoisotopic (exact) mass is 404 g/mol. The Bertz CT molecular complexity index is 913. The summed E-state index contributed by atoms with van der Waals surface area (Å²) >= 11 is 0. The van der Waals surface area contributed by atoms with E-state index in [4.69, 9.17) is 5.10 Å². The van der Waals surface area contributed by atoms with Crippen molar-refractivity contribution in [1.82, 2.24) is 14.8 Å². The van der Waals surface area contributed by atoms with Gasteiger partial charge in [-0.1, -0.05) is 66.6 Å². The summed E-state index contributed by atoms with van der Waals surface area (Å²) in [5.41, 5.74) is 5.69. The van der Waals surface area contributed by atoms with Crippen molar-refractivity contribution in [1.29, 1.82) is 0 Å². The zero-order valence-corrected chi connectivity index (χ0v) is 18.3. The number of rotatable bonds is 5. The van der Waals surface area contributed by atoms with Gasteiger partial charge < -0.3 is 4.90 Å². The molecule has 2 aliphatic heterocycles. The average Bonchev–Trinajstić information content (AvgIpc) is 3.20. The number of carbonyl (C=O) groups is 1. The molecular weight excluding hydrogens is 372 g/mol. The van der Waals surface area contributed by atoms with E-state index in [1.54, 1.807) is 5.01 Å². The third kappa shape index (κ3) is 4.63. The number of amides is 1. The molecule has 0 aliphatic carbocycles. The molecule has 0 aromatic heterocycles. The Balaban J connectivity index is 1.55. The van der Waals surface area contributed by atoms with E-state index in [9.17, 15) is 4.79 Å². The fraction of sp³-hybridized carbons (Fsp3) is 0.440. The summed E-state index contributed by atoms with van der Waals surface area (Å²) in [6.45, 7) is 11.8. The number of hydrogen-bond donors (Lipinski definition) is 0. The molecule has 0 saturated carbocycles. The van der Waals surface area contributed by atoms with E-state index in [1.807, 2.05) is 0 Å². The summed E-state index contributed by atoms with van der Waals surface area (Å²) in [5, 5.41) is 6.58. The molecule has 1 atom stereocenters. The summed E-state index contributed by atoms with van der Waals surface area (Å²) in [7, 11) is 0. The van der Waals surface area contributed by atoms with Gasteiger partial charge in [-0.15, -0.1) is 0 Å². The number of hydrazone groups is 1. The van der Waals surface area contributed by atoms with Crippen LogP contribution in [0.4, 0.5) is 0 Å². The van der Waals surface area contributed by atoms with Crippen LogP contribution in [0.2, 0.25) is 0 Å². The van der Waals surface area contributed by atoms with E-state index in [0.717, 1.165) is 56.0 Å². The number of aryl methyl sites for hydroxylation is 2. The molecule has 2 aliphatic rings. The average molecular weight is 405 g/mol. The summed E-state index contributed by atoms with van der Waals surface area (Å²) < 4.78 is 0. The second-order valence-electron chi connectivity index (χ2n) is 8.50. The first-order valence-corrected chi connectivity index (χ1v) is 11.0. The zero-order chi connectivity index (χ0) is 21.1. The molecule has 0 unspecified atom stereocenters. The van der Waals surface area contributed by atoms with Crippen molar-refractivity contribution in [2.45, 2.75) is 33.2 Å². The molecule has 1 fully saturated rings. The van der Waals surface area contributed by atoms with E-state index >= 15 is 0 Å². The van der Waals surface area contributed by atoms with Gasteiger partial charge in [0.1, 0.15) is 0 Å². The summed E-state index contributed by atoms with van der Waals surface area (Å²) in [6.07, 6.45) is 0.752. The van der Waals surface area contributed by atoms with Crippen LogP contribution in [0.25, 0.3) is 0 Å². The zero-order valence-electron chi connectivity index (χ0n) is 18.3. The number of piperazine rings is 1. The minimum absolute atomic E-state index is 0.0365. The van der Waals surface area contributed by atoms with Gasteiger partial charge in [-0.05, 0) is 31.5 Å². The first-order chi connectivity index (χ1) is 14.5. The van der Waals surface area contributed by atoms with Crippen LogP contribution in [0.5, 0.6) is 0 Å². The molecule has 158 valence electrons. The molecule has 0 bridgehead atoms. The van der Waals surface area contributed by atoms with Crippen molar-refractivity contribution in [3.05, 3.63) is 70.8 Å². The molecule has 5 nitrogen and oxygen atoms in total. The summed E-state index contributed by atoms with van der Waals surface area (Å²) in [4.78, 5) is 18.0.